The Morgan fingerprint density at radius 1 is 1.53 bits per heavy atom. The summed E-state index contributed by atoms with van der Waals surface area (Å²) in [5.74, 6) is 1.27. The highest BCUT2D eigenvalue weighted by molar-refractivity contribution is 5.38. The highest BCUT2D eigenvalue weighted by atomic mass is 16.3. The Kier molecular flexibility index (Phi) is 2.84. The zero-order chi connectivity index (χ0) is 10.7. The molecule has 0 amide bonds. The Bertz CT molecular complexity index is 380. The second-order valence-corrected chi connectivity index (χ2v) is 3.89. The highest BCUT2D eigenvalue weighted by Crippen LogP contribution is 2.26. The van der Waals surface area contributed by atoms with Gasteiger partial charge in [0.1, 0.15) is 17.6 Å². The van der Waals surface area contributed by atoms with Crippen LogP contribution >= 0.6 is 0 Å². The first-order valence-electron chi connectivity index (χ1n) is 5.07. The number of hydrogen-bond donors (Lipinski definition) is 2. The monoisotopic (exact) mass is 203 g/mol. The molecule has 0 atom stereocenters. The standard InChI is InChI=1S/C11H13N3O/c12-6-9-2-1-3-11(14-9)13-7-8-4-10(15)5-8/h1-3,8,10,15H,4-5,7H2,(H,13,14). The lowest BCUT2D eigenvalue weighted by atomic mass is 9.82. The smallest absolute Gasteiger partial charge is 0.142 e. The van der Waals surface area contributed by atoms with Crippen molar-refractivity contribution in [2.45, 2.75) is 18.9 Å². The molecular weight excluding hydrogens is 190 g/mol. The minimum atomic E-state index is -0.116. The van der Waals surface area contributed by atoms with E-state index in [1.807, 2.05) is 18.2 Å². The summed E-state index contributed by atoms with van der Waals surface area (Å²) in [7, 11) is 0. The summed E-state index contributed by atoms with van der Waals surface area (Å²) >= 11 is 0. The lowest BCUT2D eigenvalue weighted by Gasteiger charge is -2.31. The molecule has 0 spiro atoms. The zero-order valence-corrected chi connectivity index (χ0v) is 8.35. The summed E-state index contributed by atoms with van der Waals surface area (Å²) in [5, 5.41) is 20.9. The fourth-order valence-electron chi connectivity index (χ4n) is 1.71. The first-order valence-corrected chi connectivity index (χ1v) is 5.07. The molecule has 78 valence electrons. The van der Waals surface area contributed by atoms with Crippen LogP contribution < -0.4 is 5.32 Å². The first-order chi connectivity index (χ1) is 7.28. The molecule has 2 rings (SSSR count). The number of hydrogen-bond acceptors (Lipinski definition) is 4. The molecule has 0 unspecified atom stereocenters. The van der Waals surface area contributed by atoms with Gasteiger partial charge in [-0.05, 0) is 30.9 Å². The summed E-state index contributed by atoms with van der Waals surface area (Å²) in [4.78, 5) is 4.11. The lowest BCUT2D eigenvalue weighted by Crippen LogP contribution is -2.33. The summed E-state index contributed by atoms with van der Waals surface area (Å²) in [5.41, 5.74) is 0.425. The maximum atomic E-state index is 9.11. The van der Waals surface area contributed by atoms with Gasteiger partial charge in [0.15, 0.2) is 0 Å². The molecule has 1 aliphatic carbocycles. The first kappa shape index (κ1) is 9.94. The maximum absolute atomic E-state index is 9.11. The van der Waals surface area contributed by atoms with Crippen molar-refractivity contribution >= 4 is 5.82 Å². The van der Waals surface area contributed by atoms with E-state index < -0.39 is 0 Å². The molecule has 1 aromatic rings. The van der Waals surface area contributed by atoms with E-state index in [0.717, 1.165) is 25.2 Å². The van der Waals surface area contributed by atoms with Crippen molar-refractivity contribution in [1.82, 2.24) is 4.98 Å². The summed E-state index contributed by atoms with van der Waals surface area (Å²) in [6.07, 6.45) is 1.62. The number of aliphatic hydroxyl groups excluding tert-OH is 1. The molecule has 1 fully saturated rings. The summed E-state index contributed by atoms with van der Waals surface area (Å²) in [6, 6.07) is 7.33. The molecule has 0 radical (unpaired) electrons. The lowest BCUT2D eigenvalue weighted by molar-refractivity contribution is 0.0486. The van der Waals surface area contributed by atoms with Crippen LogP contribution in [0.2, 0.25) is 0 Å². The largest absolute Gasteiger partial charge is 0.393 e. The van der Waals surface area contributed by atoms with E-state index in [0.29, 0.717) is 11.6 Å². The van der Waals surface area contributed by atoms with Gasteiger partial charge in [0.2, 0.25) is 0 Å². The molecule has 1 aromatic heterocycles. The Balaban J connectivity index is 1.86. The van der Waals surface area contributed by atoms with Crippen LogP contribution in [0, 0.1) is 17.2 Å². The van der Waals surface area contributed by atoms with Crippen molar-refractivity contribution in [3.05, 3.63) is 23.9 Å². The van der Waals surface area contributed by atoms with Gasteiger partial charge >= 0.3 is 0 Å². The highest BCUT2D eigenvalue weighted by Gasteiger charge is 2.26. The average Bonchev–Trinajstić information content (AvgIpc) is 2.23. The fourth-order valence-corrected chi connectivity index (χ4v) is 1.71. The van der Waals surface area contributed by atoms with Crippen molar-refractivity contribution in [2.24, 2.45) is 5.92 Å². The third kappa shape index (κ3) is 2.45. The number of nitriles is 1. The fraction of sp³-hybridized carbons (Fsp3) is 0.455. The van der Waals surface area contributed by atoms with Crippen molar-refractivity contribution < 1.29 is 5.11 Å². The van der Waals surface area contributed by atoms with E-state index in [9.17, 15) is 0 Å². The van der Waals surface area contributed by atoms with Crippen LogP contribution in [0.15, 0.2) is 18.2 Å². The third-order valence-electron chi connectivity index (χ3n) is 2.65. The molecule has 1 saturated carbocycles. The van der Waals surface area contributed by atoms with Crippen molar-refractivity contribution in [2.75, 3.05) is 11.9 Å². The molecule has 2 N–H and O–H groups in total. The van der Waals surface area contributed by atoms with Crippen molar-refractivity contribution in [1.29, 1.82) is 5.26 Å². The predicted molar refractivity (Wildman–Crippen MR) is 56.2 cm³/mol. The normalized spacial score (nSPS) is 24.0. The van der Waals surface area contributed by atoms with E-state index in [1.54, 1.807) is 6.07 Å². The molecule has 1 aliphatic rings. The molecular formula is C11H13N3O. The Hall–Kier alpha value is -1.60. The van der Waals surface area contributed by atoms with Gasteiger partial charge in [0.05, 0.1) is 6.10 Å². The molecule has 4 heteroatoms. The topological polar surface area (TPSA) is 68.9 Å². The summed E-state index contributed by atoms with van der Waals surface area (Å²) < 4.78 is 0. The number of nitrogens with zero attached hydrogens (tertiary/aromatic N) is 2. The van der Waals surface area contributed by atoms with Crippen LogP contribution in [0.25, 0.3) is 0 Å². The number of anilines is 1. The Morgan fingerprint density at radius 2 is 2.33 bits per heavy atom. The molecule has 0 aliphatic heterocycles. The minimum Gasteiger partial charge on any atom is -0.393 e. The SMILES string of the molecule is N#Cc1cccc(NCC2CC(O)C2)n1. The number of pyridine rings is 1. The third-order valence-corrected chi connectivity index (χ3v) is 2.65. The molecule has 1 heterocycles. The number of rotatable bonds is 3. The van der Waals surface area contributed by atoms with E-state index in [-0.39, 0.29) is 6.10 Å². The van der Waals surface area contributed by atoms with Gasteiger partial charge in [-0.2, -0.15) is 5.26 Å². The second kappa shape index (κ2) is 4.28. The van der Waals surface area contributed by atoms with E-state index in [1.165, 1.54) is 0 Å². The minimum absolute atomic E-state index is 0.116. The van der Waals surface area contributed by atoms with Gasteiger partial charge in [0.25, 0.3) is 0 Å². The van der Waals surface area contributed by atoms with Crippen molar-refractivity contribution in [3.63, 3.8) is 0 Å². The second-order valence-electron chi connectivity index (χ2n) is 3.89. The van der Waals surface area contributed by atoms with E-state index in [4.69, 9.17) is 10.4 Å². The maximum Gasteiger partial charge on any atom is 0.142 e. The van der Waals surface area contributed by atoms with Gasteiger partial charge in [-0.25, -0.2) is 4.98 Å². The van der Waals surface area contributed by atoms with Crippen LogP contribution in [0.3, 0.4) is 0 Å². The van der Waals surface area contributed by atoms with Gasteiger partial charge < -0.3 is 10.4 Å². The molecule has 4 nitrogen and oxygen atoms in total. The number of nitrogens with one attached hydrogen (secondary N) is 1. The van der Waals surface area contributed by atoms with E-state index in [2.05, 4.69) is 10.3 Å². The van der Waals surface area contributed by atoms with Crippen LogP contribution in [-0.2, 0) is 0 Å². The van der Waals surface area contributed by atoms with Gasteiger partial charge in [-0.1, -0.05) is 6.07 Å². The number of aliphatic hydroxyl groups is 1. The summed E-state index contributed by atoms with van der Waals surface area (Å²) in [6.45, 7) is 0.818. The zero-order valence-electron chi connectivity index (χ0n) is 8.35. The quantitative estimate of drug-likeness (QED) is 0.772. The van der Waals surface area contributed by atoms with Crippen LogP contribution in [0.4, 0.5) is 5.82 Å². The van der Waals surface area contributed by atoms with Gasteiger partial charge in [-0.3, -0.25) is 0 Å². The van der Waals surface area contributed by atoms with Gasteiger partial charge in [0, 0.05) is 6.54 Å². The Labute approximate surface area is 88.6 Å². The predicted octanol–water partition coefficient (Wildman–Crippen LogP) is 1.14. The number of aromatic nitrogens is 1. The van der Waals surface area contributed by atoms with Gasteiger partial charge in [-0.15, -0.1) is 0 Å². The van der Waals surface area contributed by atoms with E-state index >= 15 is 0 Å². The molecule has 15 heavy (non-hydrogen) atoms. The Morgan fingerprint density at radius 3 is 3.00 bits per heavy atom. The molecule has 0 aromatic carbocycles. The van der Waals surface area contributed by atoms with Crippen LogP contribution in [0.5, 0.6) is 0 Å². The average molecular weight is 203 g/mol. The molecule has 0 saturated heterocycles. The van der Waals surface area contributed by atoms with Crippen LogP contribution in [0.1, 0.15) is 18.5 Å². The molecule has 0 bridgehead atoms. The van der Waals surface area contributed by atoms with Crippen molar-refractivity contribution in [3.8, 4) is 6.07 Å². The van der Waals surface area contributed by atoms with Crippen LogP contribution in [-0.4, -0.2) is 22.7 Å².